The fourth-order valence-electron chi connectivity index (χ4n) is 2.22. The van der Waals surface area contributed by atoms with Gasteiger partial charge in [0.05, 0.1) is 17.6 Å². The topological polar surface area (TPSA) is 90.7 Å². The minimum absolute atomic E-state index is 0.103. The van der Waals surface area contributed by atoms with Crippen LogP contribution in [0.5, 0.6) is 11.5 Å². The fourth-order valence-corrected chi connectivity index (χ4v) is 2.22. The molecule has 7 nitrogen and oxygen atoms in total. The van der Waals surface area contributed by atoms with Gasteiger partial charge in [-0.15, -0.1) is 0 Å². The molecule has 142 valence electrons. The highest BCUT2D eigenvalue weighted by molar-refractivity contribution is 5.92. The lowest BCUT2D eigenvalue weighted by Crippen LogP contribution is -2.20. The summed E-state index contributed by atoms with van der Waals surface area (Å²) in [4.78, 5) is 22.3. The average molecular weight is 378 g/mol. The minimum Gasteiger partial charge on any atom is -0.493 e. The molecule has 0 saturated carbocycles. The number of methoxy groups -OCH3 is 1. The van der Waals surface area contributed by atoms with E-state index in [-0.39, 0.29) is 23.7 Å². The Morgan fingerprint density at radius 1 is 1.26 bits per heavy atom. The van der Waals surface area contributed by atoms with Crippen molar-refractivity contribution in [3.05, 3.63) is 69.8 Å². The van der Waals surface area contributed by atoms with Crippen molar-refractivity contribution in [2.45, 2.75) is 13.2 Å². The number of amides is 1. The highest BCUT2D eigenvalue weighted by Crippen LogP contribution is 2.29. The Kier molecular flexibility index (Phi) is 6.81. The lowest BCUT2D eigenvalue weighted by Gasteiger charge is -2.11. The van der Waals surface area contributed by atoms with Crippen LogP contribution in [0, 0.1) is 10.1 Å². The lowest BCUT2D eigenvalue weighted by molar-refractivity contribution is -0.385. The van der Waals surface area contributed by atoms with Crippen LogP contribution in [0.3, 0.4) is 0 Å². The van der Waals surface area contributed by atoms with E-state index in [9.17, 15) is 23.7 Å². The van der Waals surface area contributed by atoms with Crippen molar-refractivity contribution in [2.24, 2.45) is 0 Å². The SMILES string of the molecule is COc1cc(CNC(=O)/C=C/c2ccccc2[N+](=O)[O-])ccc1OC(F)F. The molecule has 0 bridgehead atoms. The Balaban J connectivity index is 2.00. The number of benzene rings is 2. The molecule has 0 spiro atoms. The smallest absolute Gasteiger partial charge is 0.387 e. The van der Waals surface area contributed by atoms with E-state index in [1.54, 1.807) is 6.07 Å². The molecular weight excluding hydrogens is 362 g/mol. The zero-order chi connectivity index (χ0) is 19.8. The van der Waals surface area contributed by atoms with Crippen molar-refractivity contribution in [3.8, 4) is 11.5 Å². The summed E-state index contributed by atoms with van der Waals surface area (Å²) >= 11 is 0. The van der Waals surface area contributed by atoms with Crippen LogP contribution < -0.4 is 14.8 Å². The molecule has 27 heavy (non-hydrogen) atoms. The van der Waals surface area contributed by atoms with Gasteiger partial charge in [-0.25, -0.2) is 0 Å². The summed E-state index contributed by atoms with van der Waals surface area (Å²) in [7, 11) is 1.31. The molecule has 0 aliphatic carbocycles. The molecule has 1 N–H and O–H groups in total. The molecule has 9 heteroatoms. The maximum Gasteiger partial charge on any atom is 0.387 e. The van der Waals surface area contributed by atoms with Crippen molar-refractivity contribution in [1.29, 1.82) is 0 Å². The zero-order valence-corrected chi connectivity index (χ0v) is 14.2. The summed E-state index contributed by atoms with van der Waals surface area (Å²) < 4.78 is 33.9. The van der Waals surface area contributed by atoms with Crippen molar-refractivity contribution < 1.29 is 28.0 Å². The van der Waals surface area contributed by atoms with Crippen molar-refractivity contribution >= 4 is 17.7 Å². The number of hydrogen-bond acceptors (Lipinski definition) is 5. The van der Waals surface area contributed by atoms with Crippen LogP contribution >= 0.6 is 0 Å². The second kappa shape index (κ2) is 9.27. The van der Waals surface area contributed by atoms with Crippen molar-refractivity contribution in [3.63, 3.8) is 0 Å². The van der Waals surface area contributed by atoms with Crippen LogP contribution in [0.1, 0.15) is 11.1 Å². The number of nitrogens with zero attached hydrogens (tertiary/aromatic N) is 1. The Bertz CT molecular complexity index is 855. The predicted octanol–water partition coefficient (Wildman–Crippen LogP) is 3.53. The summed E-state index contributed by atoms with van der Waals surface area (Å²) in [6.07, 6.45) is 2.52. The van der Waals surface area contributed by atoms with Crippen LogP contribution in [0.15, 0.2) is 48.5 Å². The molecule has 1 amide bonds. The minimum atomic E-state index is -2.98. The van der Waals surface area contributed by atoms with Gasteiger partial charge in [-0.05, 0) is 29.8 Å². The molecule has 0 fully saturated rings. The monoisotopic (exact) mass is 378 g/mol. The van der Waals surface area contributed by atoms with Gasteiger partial charge in [0, 0.05) is 18.7 Å². The molecule has 0 aliphatic rings. The first-order valence-corrected chi connectivity index (χ1v) is 7.71. The predicted molar refractivity (Wildman–Crippen MR) is 93.6 cm³/mol. The lowest BCUT2D eigenvalue weighted by atomic mass is 10.1. The number of nitro groups is 1. The van der Waals surface area contributed by atoms with Crippen molar-refractivity contribution in [1.82, 2.24) is 5.32 Å². The Morgan fingerprint density at radius 3 is 2.67 bits per heavy atom. The van der Waals surface area contributed by atoms with E-state index in [0.29, 0.717) is 11.1 Å². The number of rotatable bonds is 8. The van der Waals surface area contributed by atoms with E-state index in [1.807, 2.05) is 0 Å². The third-order valence-corrected chi connectivity index (χ3v) is 3.46. The van der Waals surface area contributed by atoms with Gasteiger partial charge in [-0.2, -0.15) is 8.78 Å². The van der Waals surface area contributed by atoms with E-state index in [4.69, 9.17) is 4.74 Å². The summed E-state index contributed by atoms with van der Waals surface area (Å²) in [6, 6.07) is 10.3. The first-order chi connectivity index (χ1) is 12.9. The largest absolute Gasteiger partial charge is 0.493 e. The van der Waals surface area contributed by atoms with Crippen molar-refractivity contribution in [2.75, 3.05) is 7.11 Å². The molecular formula is C18H16F2N2O5. The normalized spacial score (nSPS) is 10.8. The second-order valence-corrected chi connectivity index (χ2v) is 5.23. The number of nitrogens with one attached hydrogen (secondary N) is 1. The van der Waals surface area contributed by atoms with Crippen LogP contribution in [-0.2, 0) is 11.3 Å². The average Bonchev–Trinajstić information content (AvgIpc) is 2.65. The summed E-state index contributed by atoms with van der Waals surface area (Å²) in [5, 5.41) is 13.5. The zero-order valence-electron chi connectivity index (χ0n) is 14.2. The maximum absolute atomic E-state index is 12.3. The molecule has 2 aromatic carbocycles. The number of carbonyl (C=O) groups excluding carboxylic acids is 1. The number of hydrogen-bond donors (Lipinski definition) is 1. The Morgan fingerprint density at radius 2 is 2.00 bits per heavy atom. The van der Waals surface area contributed by atoms with E-state index in [2.05, 4.69) is 10.1 Å². The van der Waals surface area contributed by atoms with Gasteiger partial charge >= 0.3 is 6.61 Å². The van der Waals surface area contributed by atoms with Gasteiger partial charge in [0.1, 0.15) is 0 Å². The van der Waals surface area contributed by atoms with E-state index < -0.39 is 17.4 Å². The number of para-hydroxylation sites is 1. The quantitative estimate of drug-likeness (QED) is 0.431. The molecule has 2 aromatic rings. The van der Waals surface area contributed by atoms with E-state index in [0.717, 1.165) is 0 Å². The molecule has 2 rings (SSSR count). The third-order valence-electron chi connectivity index (χ3n) is 3.46. The second-order valence-electron chi connectivity index (χ2n) is 5.23. The highest BCUT2D eigenvalue weighted by atomic mass is 19.3. The number of alkyl halides is 2. The van der Waals surface area contributed by atoms with Gasteiger partial charge in [0.2, 0.25) is 5.91 Å². The number of carbonyl (C=O) groups is 1. The molecule has 0 unspecified atom stereocenters. The fraction of sp³-hybridized carbons (Fsp3) is 0.167. The molecule has 0 saturated heterocycles. The third kappa shape index (κ3) is 5.77. The summed E-state index contributed by atoms with van der Waals surface area (Å²) in [5.74, 6) is -0.476. The molecule has 0 heterocycles. The summed E-state index contributed by atoms with van der Waals surface area (Å²) in [6.45, 7) is -2.87. The number of ether oxygens (including phenoxy) is 2. The van der Waals surface area contributed by atoms with Crippen LogP contribution in [0.25, 0.3) is 6.08 Å². The van der Waals surface area contributed by atoms with Crippen LogP contribution in [0.4, 0.5) is 14.5 Å². The summed E-state index contributed by atoms with van der Waals surface area (Å²) in [5.41, 5.74) is 0.787. The standard InChI is InChI=1S/C18H16F2N2O5/c1-26-16-10-12(6-8-15(16)27-18(19)20)11-21-17(23)9-7-13-4-2-3-5-14(13)22(24)25/h2-10,18H,11H2,1H3,(H,21,23)/b9-7+. The van der Waals surface area contributed by atoms with Gasteiger partial charge in [0.15, 0.2) is 11.5 Å². The molecule has 0 aliphatic heterocycles. The number of nitro benzene ring substituents is 1. The Hall–Kier alpha value is -3.49. The van der Waals surface area contributed by atoms with E-state index in [1.165, 1.54) is 55.7 Å². The van der Waals surface area contributed by atoms with Gasteiger partial charge in [-0.1, -0.05) is 18.2 Å². The first-order valence-electron chi connectivity index (χ1n) is 7.71. The van der Waals surface area contributed by atoms with E-state index >= 15 is 0 Å². The van der Waals surface area contributed by atoms with Gasteiger partial charge in [0.25, 0.3) is 5.69 Å². The molecule has 0 radical (unpaired) electrons. The molecule has 0 atom stereocenters. The Labute approximate surface area is 153 Å². The maximum atomic E-state index is 12.3. The first kappa shape index (κ1) is 19.8. The van der Waals surface area contributed by atoms with Crippen LogP contribution in [-0.4, -0.2) is 24.6 Å². The van der Waals surface area contributed by atoms with Gasteiger partial charge in [-0.3, -0.25) is 14.9 Å². The number of halogens is 2. The van der Waals surface area contributed by atoms with Crippen LogP contribution in [0.2, 0.25) is 0 Å². The van der Waals surface area contributed by atoms with Gasteiger partial charge < -0.3 is 14.8 Å². The molecule has 0 aromatic heterocycles. The highest BCUT2D eigenvalue weighted by Gasteiger charge is 2.12.